The standard InChI is InChI=1S/C9H20N2O2S/c1-2-14(12,13)10-6-5-9-11-7-3-4-8-11/h10H,2-9H2,1H3. The normalized spacial score (nSPS) is 18.9. The second-order valence-corrected chi connectivity index (χ2v) is 5.80. The maximum atomic E-state index is 11.1. The van der Waals surface area contributed by atoms with E-state index in [0.29, 0.717) is 6.54 Å². The second-order valence-electron chi connectivity index (χ2n) is 3.70. The first kappa shape index (κ1) is 11.9. The maximum Gasteiger partial charge on any atom is 0.211 e. The van der Waals surface area contributed by atoms with Crippen LogP contribution in [0, 0.1) is 0 Å². The van der Waals surface area contributed by atoms with Gasteiger partial charge in [0.15, 0.2) is 0 Å². The van der Waals surface area contributed by atoms with Crippen molar-refractivity contribution in [3.63, 3.8) is 0 Å². The van der Waals surface area contributed by atoms with Crippen LogP contribution in [0.25, 0.3) is 0 Å². The average molecular weight is 220 g/mol. The van der Waals surface area contributed by atoms with Gasteiger partial charge in [-0.2, -0.15) is 0 Å². The minimum Gasteiger partial charge on any atom is -0.303 e. The van der Waals surface area contributed by atoms with E-state index >= 15 is 0 Å². The lowest BCUT2D eigenvalue weighted by atomic mass is 10.4. The number of nitrogens with zero attached hydrogens (tertiary/aromatic N) is 1. The van der Waals surface area contributed by atoms with Gasteiger partial charge in [-0.05, 0) is 45.8 Å². The van der Waals surface area contributed by atoms with Gasteiger partial charge in [0.1, 0.15) is 0 Å². The molecule has 0 unspecified atom stereocenters. The molecule has 1 saturated heterocycles. The maximum absolute atomic E-state index is 11.1. The molecule has 1 N–H and O–H groups in total. The predicted molar refractivity (Wildman–Crippen MR) is 57.8 cm³/mol. The number of likely N-dealkylation sites (tertiary alicyclic amines) is 1. The Hall–Kier alpha value is -0.130. The summed E-state index contributed by atoms with van der Waals surface area (Å²) in [5.74, 6) is 0.177. The third-order valence-electron chi connectivity index (χ3n) is 2.55. The molecular weight excluding hydrogens is 200 g/mol. The van der Waals surface area contributed by atoms with Gasteiger partial charge in [-0.1, -0.05) is 0 Å². The molecule has 0 aromatic heterocycles. The first-order valence-corrected chi connectivity index (χ1v) is 6.99. The van der Waals surface area contributed by atoms with Crippen LogP contribution < -0.4 is 4.72 Å². The summed E-state index contributed by atoms with van der Waals surface area (Å²) in [6, 6.07) is 0. The van der Waals surface area contributed by atoms with Crippen molar-refractivity contribution in [3.8, 4) is 0 Å². The Balaban J connectivity index is 2.04. The van der Waals surface area contributed by atoms with E-state index in [-0.39, 0.29) is 5.75 Å². The Kier molecular flexibility index (Phi) is 4.84. The second kappa shape index (κ2) is 5.68. The zero-order valence-electron chi connectivity index (χ0n) is 8.83. The van der Waals surface area contributed by atoms with Crippen LogP contribution in [-0.2, 0) is 10.0 Å². The molecule has 14 heavy (non-hydrogen) atoms. The summed E-state index contributed by atoms with van der Waals surface area (Å²) in [6.45, 7) is 5.61. The van der Waals surface area contributed by atoms with Gasteiger partial charge in [0.05, 0.1) is 5.75 Å². The van der Waals surface area contributed by atoms with Crippen molar-refractivity contribution in [3.05, 3.63) is 0 Å². The van der Waals surface area contributed by atoms with E-state index in [9.17, 15) is 8.42 Å². The summed E-state index contributed by atoms with van der Waals surface area (Å²) >= 11 is 0. The van der Waals surface area contributed by atoms with Crippen LogP contribution in [0.1, 0.15) is 26.2 Å². The number of hydrogen-bond acceptors (Lipinski definition) is 3. The SMILES string of the molecule is CCS(=O)(=O)NCCCN1CCCC1. The van der Waals surface area contributed by atoms with Gasteiger partial charge in [-0.15, -0.1) is 0 Å². The molecule has 0 radical (unpaired) electrons. The molecule has 0 amide bonds. The molecular formula is C9H20N2O2S. The molecule has 0 aromatic rings. The van der Waals surface area contributed by atoms with Crippen molar-refractivity contribution >= 4 is 10.0 Å². The van der Waals surface area contributed by atoms with E-state index in [1.54, 1.807) is 6.92 Å². The summed E-state index contributed by atoms with van der Waals surface area (Å²) < 4.78 is 24.7. The largest absolute Gasteiger partial charge is 0.303 e. The topological polar surface area (TPSA) is 49.4 Å². The fourth-order valence-corrected chi connectivity index (χ4v) is 2.30. The Morgan fingerprint density at radius 3 is 2.50 bits per heavy atom. The number of sulfonamides is 1. The van der Waals surface area contributed by atoms with Crippen LogP contribution in [0.4, 0.5) is 0 Å². The zero-order chi connectivity index (χ0) is 10.4. The fourth-order valence-electron chi connectivity index (χ4n) is 1.64. The van der Waals surface area contributed by atoms with Gasteiger partial charge < -0.3 is 4.90 Å². The highest BCUT2D eigenvalue weighted by Crippen LogP contribution is 2.06. The molecule has 5 heteroatoms. The van der Waals surface area contributed by atoms with E-state index in [1.807, 2.05) is 0 Å². The first-order chi connectivity index (χ1) is 6.64. The Labute approximate surface area is 86.7 Å². The highest BCUT2D eigenvalue weighted by molar-refractivity contribution is 7.89. The van der Waals surface area contributed by atoms with E-state index in [2.05, 4.69) is 9.62 Å². The average Bonchev–Trinajstić information content (AvgIpc) is 2.65. The minimum atomic E-state index is -2.98. The van der Waals surface area contributed by atoms with E-state index < -0.39 is 10.0 Å². The Morgan fingerprint density at radius 1 is 1.29 bits per heavy atom. The van der Waals surface area contributed by atoms with Gasteiger partial charge in [0, 0.05) is 6.54 Å². The van der Waals surface area contributed by atoms with Crippen LogP contribution in [0.5, 0.6) is 0 Å². The molecule has 84 valence electrons. The predicted octanol–water partition coefficient (Wildman–Crippen LogP) is 0.412. The van der Waals surface area contributed by atoms with Crippen LogP contribution in [0.15, 0.2) is 0 Å². The van der Waals surface area contributed by atoms with Crippen molar-refractivity contribution in [2.24, 2.45) is 0 Å². The van der Waals surface area contributed by atoms with Crippen molar-refractivity contribution in [1.29, 1.82) is 0 Å². The Morgan fingerprint density at radius 2 is 1.93 bits per heavy atom. The molecule has 0 saturated carbocycles. The van der Waals surface area contributed by atoms with Crippen LogP contribution >= 0.6 is 0 Å². The van der Waals surface area contributed by atoms with Crippen molar-refractivity contribution in [1.82, 2.24) is 9.62 Å². The third-order valence-corrected chi connectivity index (χ3v) is 3.96. The molecule has 1 rings (SSSR count). The summed E-state index contributed by atoms with van der Waals surface area (Å²) in [4.78, 5) is 2.39. The lowest BCUT2D eigenvalue weighted by molar-refractivity contribution is 0.334. The monoisotopic (exact) mass is 220 g/mol. The number of rotatable bonds is 6. The van der Waals surface area contributed by atoms with Gasteiger partial charge in [-0.25, -0.2) is 13.1 Å². The molecule has 4 nitrogen and oxygen atoms in total. The summed E-state index contributed by atoms with van der Waals surface area (Å²) in [7, 11) is -2.98. The molecule has 1 fully saturated rings. The molecule has 1 aliphatic heterocycles. The van der Waals surface area contributed by atoms with Crippen LogP contribution in [0.3, 0.4) is 0 Å². The Bertz CT molecular complexity index is 246. The summed E-state index contributed by atoms with van der Waals surface area (Å²) in [5, 5.41) is 0. The third kappa shape index (κ3) is 4.39. The number of hydrogen-bond donors (Lipinski definition) is 1. The summed E-state index contributed by atoms with van der Waals surface area (Å²) in [5.41, 5.74) is 0. The van der Waals surface area contributed by atoms with E-state index in [0.717, 1.165) is 13.0 Å². The first-order valence-electron chi connectivity index (χ1n) is 5.34. The smallest absolute Gasteiger partial charge is 0.211 e. The van der Waals surface area contributed by atoms with Crippen LogP contribution in [0.2, 0.25) is 0 Å². The lowest BCUT2D eigenvalue weighted by Gasteiger charge is -2.13. The quantitative estimate of drug-likeness (QED) is 0.660. The van der Waals surface area contributed by atoms with Gasteiger partial charge in [-0.3, -0.25) is 0 Å². The van der Waals surface area contributed by atoms with Crippen molar-refractivity contribution < 1.29 is 8.42 Å². The van der Waals surface area contributed by atoms with Gasteiger partial charge in [0.2, 0.25) is 10.0 Å². The molecule has 0 bridgehead atoms. The molecule has 0 spiro atoms. The molecule has 0 aliphatic carbocycles. The van der Waals surface area contributed by atoms with E-state index in [4.69, 9.17) is 0 Å². The molecule has 1 aliphatic rings. The summed E-state index contributed by atoms with van der Waals surface area (Å²) in [6.07, 6.45) is 3.50. The van der Waals surface area contributed by atoms with Gasteiger partial charge in [0.25, 0.3) is 0 Å². The fraction of sp³-hybridized carbons (Fsp3) is 1.00. The van der Waals surface area contributed by atoms with Crippen LogP contribution in [-0.4, -0.2) is 45.2 Å². The molecule has 0 aromatic carbocycles. The molecule has 1 heterocycles. The van der Waals surface area contributed by atoms with Gasteiger partial charge >= 0.3 is 0 Å². The van der Waals surface area contributed by atoms with Crippen molar-refractivity contribution in [2.45, 2.75) is 26.2 Å². The zero-order valence-corrected chi connectivity index (χ0v) is 9.65. The highest BCUT2D eigenvalue weighted by atomic mass is 32.2. The number of nitrogens with one attached hydrogen (secondary N) is 1. The van der Waals surface area contributed by atoms with E-state index in [1.165, 1.54) is 25.9 Å². The highest BCUT2D eigenvalue weighted by Gasteiger charge is 2.11. The van der Waals surface area contributed by atoms with Crippen molar-refractivity contribution in [2.75, 3.05) is 31.9 Å². The molecule has 0 atom stereocenters. The lowest BCUT2D eigenvalue weighted by Crippen LogP contribution is -2.29. The minimum absolute atomic E-state index is 0.177.